The second-order valence-corrected chi connectivity index (χ2v) is 3.58. The van der Waals surface area contributed by atoms with E-state index in [2.05, 4.69) is 31.0 Å². The van der Waals surface area contributed by atoms with E-state index in [1.807, 2.05) is 25.3 Å². The lowest BCUT2D eigenvalue weighted by molar-refractivity contribution is 0.808. The third-order valence-electron chi connectivity index (χ3n) is 1.78. The van der Waals surface area contributed by atoms with Crippen LogP contribution in [0.2, 0.25) is 0 Å². The normalized spacial score (nSPS) is 10.4. The lowest BCUT2D eigenvalue weighted by atomic mass is 10.4. The molecule has 2 aromatic heterocycles. The second kappa shape index (κ2) is 3.88. The average molecular weight is 253 g/mol. The van der Waals surface area contributed by atoms with E-state index in [-0.39, 0.29) is 0 Å². The van der Waals surface area contributed by atoms with Gasteiger partial charge in [0.25, 0.3) is 0 Å². The van der Waals surface area contributed by atoms with Crippen molar-refractivity contribution in [2.45, 2.75) is 13.3 Å². The van der Waals surface area contributed by atoms with Crippen molar-refractivity contribution in [3.05, 3.63) is 35.0 Å². The van der Waals surface area contributed by atoms with Crippen molar-refractivity contribution in [2.24, 2.45) is 0 Å². The number of rotatable bonds is 2. The summed E-state index contributed by atoms with van der Waals surface area (Å²) >= 11 is 3.35. The summed E-state index contributed by atoms with van der Waals surface area (Å²) in [6.07, 6.45) is 4.39. The van der Waals surface area contributed by atoms with Gasteiger partial charge in [0.05, 0.1) is 0 Å². The molecule has 0 spiro atoms. The van der Waals surface area contributed by atoms with Gasteiger partial charge in [0, 0.05) is 24.9 Å². The zero-order valence-corrected chi connectivity index (χ0v) is 9.27. The Morgan fingerprint density at radius 3 is 2.93 bits per heavy atom. The van der Waals surface area contributed by atoms with Crippen molar-refractivity contribution in [3.63, 3.8) is 0 Å². The van der Waals surface area contributed by atoms with Crippen LogP contribution in [-0.4, -0.2) is 19.7 Å². The molecule has 5 heteroatoms. The molecule has 0 aromatic carbocycles. The minimum atomic E-state index is 0.786. The van der Waals surface area contributed by atoms with E-state index in [0.29, 0.717) is 0 Å². The lowest BCUT2D eigenvalue weighted by Crippen LogP contribution is -2.02. The van der Waals surface area contributed by atoms with Gasteiger partial charge in [-0.3, -0.25) is 0 Å². The number of hydrogen-bond donors (Lipinski definition) is 0. The molecule has 2 aromatic rings. The van der Waals surface area contributed by atoms with Crippen LogP contribution in [0, 0.1) is 0 Å². The highest BCUT2D eigenvalue weighted by molar-refractivity contribution is 9.10. The molecule has 0 saturated heterocycles. The molecule has 0 amide bonds. The van der Waals surface area contributed by atoms with Gasteiger partial charge in [-0.15, -0.1) is 0 Å². The Morgan fingerprint density at radius 1 is 1.43 bits per heavy atom. The Balaban J connectivity index is 2.48. The fourth-order valence-electron chi connectivity index (χ4n) is 1.13. The van der Waals surface area contributed by atoms with Crippen molar-refractivity contribution in [3.8, 4) is 5.82 Å². The first-order chi connectivity index (χ1) is 6.79. The molecule has 0 N–H and O–H groups in total. The van der Waals surface area contributed by atoms with E-state index < -0.39 is 0 Å². The molecule has 72 valence electrons. The third-order valence-corrected chi connectivity index (χ3v) is 2.19. The van der Waals surface area contributed by atoms with E-state index in [1.165, 1.54) is 0 Å². The van der Waals surface area contributed by atoms with Crippen LogP contribution in [0.3, 0.4) is 0 Å². The smallest absolute Gasteiger partial charge is 0.158 e. The Hall–Kier alpha value is -1.23. The summed E-state index contributed by atoms with van der Waals surface area (Å²) in [6, 6.07) is 3.70. The molecular formula is C9H9BrN4. The number of aryl methyl sites for hydroxylation is 1. The van der Waals surface area contributed by atoms with Crippen molar-refractivity contribution >= 4 is 15.9 Å². The zero-order chi connectivity index (χ0) is 9.97. The summed E-state index contributed by atoms with van der Waals surface area (Å²) in [4.78, 5) is 8.58. The van der Waals surface area contributed by atoms with Gasteiger partial charge in [-0.25, -0.2) is 14.6 Å². The highest BCUT2D eigenvalue weighted by Crippen LogP contribution is 2.11. The molecule has 0 radical (unpaired) electrons. The number of aromatic nitrogens is 4. The molecule has 0 atom stereocenters. The molecule has 0 aliphatic carbocycles. The van der Waals surface area contributed by atoms with Crippen LogP contribution >= 0.6 is 15.9 Å². The summed E-state index contributed by atoms with van der Waals surface area (Å²) in [5.74, 6) is 1.60. The summed E-state index contributed by atoms with van der Waals surface area (Å²) < 4.78 is 2.50. The maximum atomic E-state index is 4.35. The van der Waals surface area contributed by atoms with Crippen molar-refractivity contribution < 1.29 is 0 Å². The Kier molecular flexibility index (Phi) is 2.58. The van der Waals surface area contributed by atoms with E-state index >= 15 is 0 Å². The molecule has 0 fully saturated rings. The second-order valence-electron chi connectivity index (χ2n) is 2.77. The third kappa shape index (κ3) is 1.82. The van der Waals surface area contributed by atoms with Gasteiger partial charge in [0.2, 0.25) is 0 Å². The van der Waals surface area contributed by atoms with Gasteiger partial charge in [-0.2, -0.15) is 5.10 Å². The topological polar surface area (TPSA) is 43.6 Å². The fraction of sp³-hybridized carbons (Fsp3) is 0.222. The quantitative estimate of drug-likeness (QED) is 0.768. The van der Waals surface area contributed by atoms with E-state index in [4.69, 9.17) is 0 Å². The SMILES string of the molecule is CCc1nc(Br)cc(-n2cccn2)n1. The van der Waals surface area contributed by atoms with E-state index in [9.17, 15) is 0 Å². The van der Waals surface area contributed by atoms with Crippen LogP contribution in [0.5, 0.6) is 0 Å². The van der Waals surface area contributed by atoms with Gasteiger partial charge < -0.3 is 0 Å². The first-order valence-electron chi connectivity index (χ1n) is 4.33. The highest BCUT2D eigenvalue weighted by atomic mass is 79.9. The highest BCUT2D eigenvalue weighted by Gasteiger charge is 2.02. The zero-order valence-electron chi connectivity index (χ0n) is 7.68. The Labute approximate surface area is 90.1 Å². The van der Waals surface area contributed by atoms with Crippen LogP contribution in [0.15, 0.2) is 29.1 Å². The Morgan fingerprint density at radius 2 is 2.29 bits per heavy atom. The largest absolute Gasteiger partial charge is 0.226 e. The summed E-state index contributed by atoms with van der Waals surface area (Å²) in [6.45, 7) is 2.02. The number of halogens is 1. The minimum absolute atomic E-state index is 0.786. The summed E-state index contributed by atoms with van der Waals surface area (Å²) in [5, 5.41) is 4.11. The molecule has 2 heterocycles. The van der Waals surface area contributed by atoms with Crippen LogP contribution in [0.25, 0.3) is 5.82 Å². The van der Waals surface area contributed by atoms with E-state index in [1.54, 1.807) is 10.9 Å². The maximum absolute atomic E-state index is 4.35. The number of hydrogen-bond acceptors (Lipinski definition) is 3. The molecule has 0 unspecified atom stereocenters. The molecule has 4 nitrogen and oxygen atoms in total. The van der Waals surface area contributed by atoms with E-state index in [0.717, 1.165) is 22.7 Å². The first-order valence-corrected chi connectivity index (χ1v) is 5.12. The number of nitrogens with zero attached hydrogens (tertiary/aromatic N) is 4. The van der Waals surface area contributed by atoms with Gasteiger partial charge in [0.1, 0.15) is 10.4 Å². The van der Waals surface area contributed by atoms with Crippen LogP contribution in [0.4, 0.5) is 0 Å². The molecule has 0 aliphatic rings. The summed E-state index contributed by atoms with van der Waals surface area (Å²) in [7, 11) is 0. The van der Waals surface area contributed by atoms with Crippen molar-refractivity contribution in [2.75, 3.05) is 0 Å². The van der Waals surface area contributed by atoms with Crippen LogP contribution in [0.1, 0.15) is 12.7 Å². The van der Waals surface area contributed by atoms with Crippen LogP contribution < -0.4 is 0 Å². The Bertz CT molecular complexity index is 424. The molecular weight excluding hydrogens is 244 g/mol. The van der Waals surface area contributed by atoms with Crippen LogP contribution in [-0.2, 0) is 6.42 Å². The average Bonchev–Trinajstić information content (AvgIpc) is 2.69. The van der Waals surface area contributed by atoms with Gasteiger partial charge in [-0.05, 0) is 22.0 Å². The van der Waals surface area contributed by atoms with Gasteiger partial charge in [-0.1, -0.05) is 6.92 Å². The van der Waals surface area contributed by atoms with Crippen molar-refractivity contribution in [1.29, 1.82) is 0 Å². The maximum Gasteiger partial charge on any atom is 0.158 e. The summed E-state index contributed by atoms with van der Waals surface area (Å²) in [5.41, 5.74) is 0. The van der Waals surface area contributed by atoms with Gasteiger partial charge >= 0.3 is 0 Å². The molecule has 0 saturated carbocycles. The molecule has 0 aliphatic heterocycles. The fourth-order valence-corrected chi connectivity index (χ4v) is 1.54. The first kappa shape index (κ1) is 9.33. The minimum Gasteiger partial charge on any atom is -0.226 e. The van der Waals surface area contributed by atoms with Gasteiger partial charge in [0.15, 0.2) is 5.82 Å². The predicted molar refractivity (Wildman–Crippen MR) is 56.2 cm³/mol. The standard InChI is InChI=1S/C9H9BrN4/c1-2-8-12-7(10)6-9(13-8)14-5-3-4-11-14/h3-6H,2H2,1H3. The predicted octanol–water partition coefficient (Wildman–Crippen LogP) is 1.99. The molecule has 0 bridgehead atoms. The van der Waals surface area contributed by atoms with Crippen molar-refractivity contribution in [1.82, 2.24) is 19.7 Å². The molecule has 2 rings (SSSR count). The monoisotopic (exact) mass is 252 g/mol. The lowest BCUT2D eigenvalue weighted by Gasteiger charge is -2.02. The molecule has 14 heavy (non-hydrogen) atoms.